The third kappa shape index (κ3) is 2.58. The van der Waals surface area contributed by atoms with E-state index in [0.29, 0.717) is 22.0 Å². The van der Waals surface area contributed by atoms with Gasteiger partial charge in [-0.2, -0.15) is 0 Å². The summed E-state index contributed by atoms with van der Waals surface area (Å²) in [6, 6.07) is 12.8. The van der Waals surface area contributed by atoms with Crippen molar-refractivity contribution in [3.8, 4) is 11.6 Å². The maximum Gasteiger partial charge on any atom is 0.198 e. The number of para-hydroxylation sites is 2. The van der Waals surface area contributed by atoms with Gasteiger partial charge in [0.25, 0.3) is 0 Å². The number of aromatic nitrogens is 1. The lowest BCUT2D eigenvalue weighted by Gasteiger charge is -2.02. The average Bonchev–Trinajstić information content (AvgIpc) is 2.80. The fourth-order valence-corrected chi connectivity index (χ4v) is 2.34. The molecule has 0 saturated heterocycles. The number of nitrogens with zero attached hydrogens (tertiary/aromatic N) is 1. The van der Waals surface area contributed by atoms with Crippen LogP contribution in [0, 0.1) is 0 Å². The molecular weight excluding hydrogens is 288 g/mol. The molecule has 3 rings (SSSR count). The first-order valence-electron chi connectivity index (χ1n) is 6.36. The summed E-state index contributed by atoms with van der Waals surface area (Å²) in [4.78, 5) is 7.28. The van der Waals surface area contributed by atoms with Gasteiger partial charge in [0.2, 0.25) is 0 Å². The number of aromatic amines is 1. The Morgan fingerprint density at radius 2 is 2.05 bits per heavy atom. The number of nitrogens with one attached hydrogen (secondary N) is 1. The van der Waals surface area contributed by atoms with Crippen molar-refractivity contribution in [2.45, 2.75) is 0 Å². The fourth-order valence-electron chi connectivity index (χ4n) is 2.17. The summed E-state index contributed by atoms with van der Waals surface area (Å²) in [7, 11) is 1.59. The van der Waals surface area contributed by atoms with Gasteiger partial charge in [-0.25, -0.2) is 0 Å². The zero-order valence-electron chi connectivity index (χ0n) is 11.3. The van der Waals surface area contributed by atoms with E-state index in [1.807, 2.05) is 30.3 Å². The van der Waals surface area contributed by atoms with Gasteiger partial charge in [-0.1, -0.05) is 23.7 Å². The summed E-state index contributed by atoms with van der Waals surface area (Å²) < 4.78 is 5.25. The molecule has 0 radical (unpaired) electrons. The number of H-pyrrole nitrogens is 1. The van der Waals surface area contributed by atoms with Crippen molar-refractivity contribution < 1.29 is 9.84 Å². The predicted octanol–water partition coefficient (Wildman–Crippen LogP) is 4.29. The van der Waals surface area contributed by atoms with Crippen molar-refractivity contribution in [3.63, 3.8) is 0 Å². The summed E-state index contributed by atoms with van der Waals surface area (Å²) >= 11 is 6.00. The van der Waals surface area contributed by atoms with Crippen molar-refractivity contribution in [3.05, 3.63) is 53.1 Å². The van der Waals surface area contributed by atoms with E-state index >= 15 is 0 Å². The van der Waals surface area contributed by atoms with E-state index < -0.39 is 0 Å². The topological polar surface area (TPSA) is 57.6 Å². The van der Waals surface area contributed by atoms with E-state index in [-0.39, 0.29) is 5.88 Å². The molecule has 0 bridgehead atoms. The molecule has 2 aromatic carbocycles. The number of hydrogen-bond donors (Lipinski definition) is 2. The van der Waals surface area contributed by atoms with Crippen molar-refractivity contribution in [1.82, 2.24) is 4.98 Å². The average molecular weight is 301 g/mol. The summed E-state index contributed by atoms with van der Waals surface area (Å²) in [5, 5.41) is 11.4. The molecule has 0 aliphatic carbocycles. The van der Waals surface area contributed by atoms with Crippen LogP contribution in [0.15, 0.2) is 47.5 Å². The van der Waals surface area contributed by atoms with Gasteiger partial charge in [0.05, 0.1) is 12.7 Å². The van der Waals surface area contributed by atoms with Gasteiger partial charge in [0, 0.05) is 22.1 Å². The highest BCUT2D eigenvalue weighted by Crippen LogP contribution is 2.30. The zero-order chi connectivity index (χ0) is 14.8. The van der Waals surface area contributed by atoms with Gasteiger partial charge in [-0.05, 0) is 30.3 Å². The number of benzene rings is 2. The SMILES string of the molecule is COc1ccccc1N=Cc1c(O)[nH]c2ccc(Cl)cc12. The molecule has 0 spiro atoms. The first-order chi connectivity index (χ1) is 10.2. The molecule has 1 aromatic heterocycles. The maximum atomic E-state index is 10.0. The predicted molar refractivity (Wildman–Crippen MR) is 85.2 cm³/mol. The highest BCUT2D eigenvalue weighted by atomic mass is 35.5. The molecule has 0 aliphatic rings. The molecule has 0 saturated carbocycles. The van der Waals surface area contributed by atoms with Crippen LogP contribution < -0.4 is 4.74 Å². The van der Waals surface area contributed by atoms with E-state index in [1.54, 1.807) is 25.5 Å². The third-order valence-corrected chi connectivity index (χ3v) is 3.43. The Hall–Kier alpha value is -2.46. The van der Waals surface area contributed by atoms with Crippen LogP contribution in [0.2, 0.25) is 5.02 Å². The van der Waals surface area contributed by atoms with E-state index in [0.717, 1.165) is 10.9 Å². The monoisotopic (exact) mass is 300 g/mol. The summed E-state index contributed by atoms with van der Waals surface area (Å²) in [6.07, 6.45) is 1.60. The molecule has 3 aromatic rings. The van der Waals surface area contributed by atoms with Crippen LogP contribution in [0.5, 0.6) is 11.6 Å². The van der Waals surface area contributed by atoms with Gasteiger partial charge in [0.1, 0.15) is 11.4 Å². The van der Waals surface area contributed by atoms with Crippen LogP contribution in [-0.2, 0) is 0 Å². The molecule has 2 N–H and O–H groups in total. The first-order valence-corrected chi connectivity index (χ1v) is 6.74. The second kappa shape index (κ2) is 5.50. The molecule has 0 amide bonds. The van der Waals surface area contributed by atoms with Crippen LogP contribution in [0.3, 0.4) is 0 Å². The Morgan fingerprint density at radius 3 is 2.86 bits per heavy atom. The van der Waals surface area contributed by atoms with E-state index in [1.165, 1.54) is 0 Å². The third-order valence-electron chi connectivity index (χ3n) is 3.20. The molecule has 5 heteroatoms. The fraction of sp³-hybridized carbons (Fsp3) is 0.0625. The molecule has 0 atom stereocenters. The molecule has 0 unspecified atom stereocenters. The lowest BCUT2D eigenvalue weighted by Crippen LogP contribution is -1.84. The smallest absolute Gasteiger partial charge is 0.198 e. The standard InChI is InChI=1S/C16H13ClN2O2/c1-21-15-5-3-2-4-14(15)18-9-12-11-8-10(17)6-7-13(11)19-16(12)20/h2-9,19-20H,1H3. The Balaban J connectivity index is 2.07. The van der Waals surface area contributed by atoms with Gasteiger partial charge < -0.3 is 14.8 Å². The second-order valence-corrected chi connectivity index (χ2v) is 4.94. The zero-order valence-corrected chi connectivity index (χ0v) is 12.1. The highest BCUT2D eigenvalue weighted by Gasteiger charge is 2.09. The van der Waals surface area contributed by atoms with E-state index in [4.69, 9.17) is 16.3 Å². The second-order valence-electron chi connectivity index (χ2n) is 4.51. The van der Waals surface area contributed by atoms with Gasteiger partial charge in [-0.15, -0.1) is 0 Å². The molecule has 0 fully saturated rings. The van der Waals surface area contributed by atoms with Crippen molar-refractivity contribution in [2.24, 2.45) is 4.99 Å². The van der Waals surface area contributed by atoms with E-state index in [9.17, 15) is 5.11 Å². The molecule has 106 valence electrons. The lowest BCUT2D eigenvalue weighted by molar-refractivity contribution is 0.416. The van der Waals surface area contributed by atoms with Gasteiger partial charge in [0.15, 0.2) is 5.88 Å². The number of aromatic hydroxyl groups is 1. The van der Waals surface area contributed by atoms with Crippen LogP contribution in [-0.4, -0.2) is 23.4 Å². The Kier molecular flexibility index (Phi) is 3.54. The number of aliphatic imine (C=N–C) groups is 1. The highest BCUT2D eigenvalue weighted by molar-refractivity contribution is 6.31. The molecule has 1 heterocycles. The number of hydrogen-bond acceptors (Lipinski definition) is 3. The lowest BCUT2D eigenvalue weighted by atomic mass is 10.2. The molecule has 4 nitrogen and oxygen atoms in total. The van der Waals surface area contributed by atoms with Crippen LogP contribution in [0.4, 0.5) is 5.69 Å². The summed E-state index contributed by atoms with van der Waals surface area (Å²) in [6.45, 7) is 0. The van der Waals surface area contributed by atoms with E-state index in [2.05, 4.69) is 9.98 Å². The number of rotatable bonds is 3. The normalized spacial score (nSPS) is 11.3. The minimum absolute atomic E-state index is 0.0610. The Labute approximate surface area is 126 Å². The molecule has 0 aliphatic heterocycles. The summed E-state index contributed by atoms with van der Waals surface area (Å²) in [5.74, 6) is 0.733. The minimum atomic E-state index is 0.0610. The number of fused-ring (bicyclic) bond motifs is 1. The van der Waals surface area contributed by atoms with Crippen LogP contribution in [0.25, 0.3) is 10.9 Å². The van der Waals surface area contributed by atoms with Crippen LogP contribution >= 0.6 is 11.6 Å². The van der Waals surface area contributed by atoms with Crippen molar-refractivity contribution in [2.75, 3.05) is 7.11 Å². The maximum absolute atomic E-state index is 10.0. The number of ether oxygens (including phenoxy) is 1. The minimum Gasteiger partial charge on any atom is -0.494 e. The van der Waals surface area contributed by atoms with Gasteiger partial charge >= 0.3 is 0 Å². The number of methoxy groups -OCH3 is 1. The molecule has 21 heavy (non-hydrogen) atoms. The first kappa shape index (κ1) is 13.5. The van der Waals surface area contributed by atoms with Crippen molar-refractivity contribution in [1.29, 1.82) is 0 Å². The number of halogens is 1. The summed E-state index contributed by atoms with van der Waals surface area (Å²) in [5.41, 5.74) is 2.09. The quantitative estimate of drug-likeness (QED) is 0.709. The van der Waals surface area contributed by atoms with Crippen LogP contribution in [0.1, 0.15) is 5.56 Å². The van der Waals surface area contributed by atoms with Crippen molar-refractivity contribution >= 4 is 34.4 Å². The Morgan fingerprint density at radius 1 is 1.24 bits per heavy atom. The largest absolute Gasteiger partial charge is 0.494 e. The Bertz CT molecular complexity index is 824. The molecular formula is C16H13ClN2O2. The van der Waals surface area contributed by atoms with Gasteiger partial charge in [-0.3, -0.25) is 4.99 Å².